The highest BCUT2D eigenvalue weighted by atomic mass is 32.1. The molecule has 3 aromatic rings. The molecule has 3 aromatic heterocycles. The number of aromatic nitrogens is 3. The van der Waals surface area contributed by atoms with Gasteiger partial charge < -0.3 is 9.55 Å². The SMILES string of the molecule is Cc1cc(/C=C/c2nc3sc4c(c3c(=O)[nH]2)CCCC4)c(C)n1C(C)C. The van der Waals surface area contributed by atoms with Crippen LogP contribution in [0.25, 0.3) is 22.4 Å². The first-order valence-corrected chi connectivity index (χ1v) is 10.2. The Balaban J connectivity index is 1.73. The maximum Gasteiger partial charge on any atom is 0.260 e. The molecule has 0 spiro atoms. The van der Waals surface area contributed by atoms with Crippen molar-refractivity contribution < 1.29 is 0 Å². The third-order valence-corrected chi connectivity index (χ3v) is 6.49. The summed E-state index contributed by atoms with van der Waals surface area (Å²) in [5, 5.41) is 0.819. The van der Waals surface area contributed by atoms with Crippen molar-refractivity contribution in [1.82, 2.24) is 14.5 Å². The quantitative estimate of drug-likeness (QED) is 0.705. The molecule has 5 heteroatoms. The predicted molar refractivity (Wildman–Crippen MR) is 110 cm³/mol. The zero-order valence-corrected chi connectivity index (χ0v) is 16.7. The molecule has 0 unspecified atom stereocenters. The third kappa shape index (κ3) is 2.84. The van der Waals surface area contributed by atoms with E-state index in [9.17, 15) is 4.79 Å². The van der Waals surface area contributed by atoms with Crippen LogP contribution in [-0.4, -0.2) is 14.5 Å². The molecular weight excluding hydrogens is 342 g/mol. The molecule has 26 heavy (non-hydrogen) atoms. The summed E-state index contributed by atoms with van der Waals surface area (Å²) in [6, 6.07) is 2.62. The molecule has 0 saturated carbocycles. The Kier molecular flexibility index (Phi) is 4.35. The molecule has 3 heterocycles. The Morgan fingerprint density at radius 3 is 2.73 bits per heavy atom. The monoisotopic (exact) mass is 367 g/mol. The fourth-order valence-electron chi connectivity index (χ4n) is 4.19. The van der Waals surface area contributed by atoms with Crippen molar-refractivity contribution >= 4 is 33.7 Å². The second-order valence-corrected chi connectivity index (χ2v) is 8.55. The van der Waals surface area contributed by atoms with E-state index < -0.39 is 0 Å². The first-order chi connectivity index (χ1) is 12.5. The van der Waals surface area contributed by atoms with Crippen LogP contribution in [0.5, 0.6) is 0 Å². The molecule has 0 radical (unpaired) electrons. The number of H-pyrrole nitrogens is 1. The highest BCUT2D eigenvalue weighted by Crippen LogP contribution is 2.33. The van der Waals surface area contributed by atoms with Crippen molar-refractivity contribution in [1.29, 1.82) is 0 Å². The minimum absolute atomic E-state index is 0.00158. The van der Waals surface area contributed by atoms with Crippen LogP contribution in [-0.2, 0) is 12.8 Å². The standard InChI is InChI=1S/C21H25N3OS/c1-12(2)24-13(3)11-15(14(24)4)9-10-18-22-20(25)19-16-7-5-6-8-17(16)26-21(19)23-18/h9-12H,5-8H2,1-4H3,(H,22,23,25)/b10-9+. The number of thiophene rings is 1. The van der Waals surface area contributed by atoms with Crippen LogP contribution in [0, 0.1) is 13.8 Å². The van der Waals surface area contributed by atoms with E-state index in [-0.39, 0.29) is 5.56 Å². The van der Waals surface area contributed by atoms with Crippen LogP contribution in [0.1, 0.15) is 65.9 Å². The van der Waals surface area contributed by atoms with Crippen LogP contribution >= 0.6 is 11.3 Å². The summed E-state index contributed by atoms with van der Waals surface area (Å²) in [6.07, 6.45) is 8.46. The number of nitrogens with one attached hydrogen (secondary N) is 1. The molecule has 136 valence electrons. The van der Waals surface area contributed by atoms with Crippen LogP contribution in [0.2, 0.25) is 0 Å². The summed E-state index contributed by atoms with van der Waals surface area (Å²) >= 11 is 1.69. The van der Waals surface area contributed by atoms with Gasteiger partial charge in [0.1, 0.15) is 10.7 Å². The Morgan fingerprint density at radius 1 is 1.23 bits per heavy atom. The molecule has 4 rings (SSSR count). The van der Waals surface area contributed by atoms with Crippen molar-refractivity contribution in [2.24, 2.45) is 0 Å². The topological polar surface area (TPSA) is 50.7 Å². The van der Waals surface area contributed by atoms with Gasteiger partial charge >= 0.3 is 0 Å². The Hall–Kier alpha value is -2.14. The highest BCUT2D eigenvalue weighted by molar-refractivity contribution is 7.18. The van der Waals surface area contributed by atoms with Gasteiger partial charge in [-0.3, -0.25) is 4.79 Å². The lowest BCUT2D eigenvalue weighted by Gasteiger charge is -2.13. The molecule has 0 atom stereocenters. The average Bonchev–Trinajstić information content (AvgIpc) is 3.09. The van der Waals surface area contributed by atoms with Crippen molar-refractivity contribution in [2.45, 2.75) is 59.4 Å². The molecule has 0 saturated heterocycles. The van der Waals surface area contributed by atoms with E-state index in [2.05, 4.69) is 49.4 Å². The summed E-state index contributed by atoms with van der Waals surface area (Å²) in [4.78, 5) is 22.6. The fraction of sp³-hybridized carbons (Fsp3) is 0.429. The first kappa shape index (κ1) is 17.3. The summed E-state index contributed by atoms with van der Waals surface area (Å²) in [6.45, 7) is 8.66. The molecule has 0 fully saturated rings. The number of hydrogen-bond donors (Lipinski definition) is 1. The van der Waals surface area contributed by atoms with Gasteiger partial charge in [-0.15, -0.1) is 11.3 Å². The van der Waals surface area contributed by atoms with Crippen LogP contribution in [0.3, 0.4) is 0 Å². The molecule has 1 aliphatic carbocycles. The smallest absolute Gasteiger partial charge is 0.260 e. The highest BCUT2D eigenvalue weighted by Gasteiger charge is 2.19. The van der Waals surface area contributed by atoms with E-state index in [4.69, 9.17) is 4.98 Å². The lowest BCUT2D eigenvalue weighted by molar-refractivity contribution is 0.574. The summed E-state index contributed by atoms with van der Waals surface area (Å²) in [5.74, 6) is 0.635. The molecule has 0 bridgehead atoms. The van der Waals surface area contributed by atoms with Crippen molar-refractivity contribution in [3.05, 3.63) is 49.6 Å². The molecule has 4 nitrogen and oxygen atoms in total. The maximum absolute atomic E-state index is 12.6. The van der Waals surface area contributed by atoms with Crippen LogP contribution in [0.4, 0.5) is 0 Å². The van der Waals surface area contributed by atoms with Gasteiger partial charge in [0.15, 0.2) is 0 Å². The summed E-state index contributed by atoms with van der Waals surface area (Å²) < 4.78 is 2.33. The molecule has 0 amide bonds. The van der Waals surface area contributed by atoms with Gasteiger partial charge in [-0.05, 0) is 82.7 Å². The average molecular weight is 368 g/mol. The minimum atomic E-state index is 0.00158. The van der Waals surface area contributed by atoms with Gasteiger partial charge in [-0.2, -0.15) is 0 Å². The predicted octanol–water partition coefficient (Wildman–Crippen LogP) is 5.03. The van der Waals surface area contributed by atoms with E-state index in [0.717, 1.165) is 23.1 Å². The Bertz CT molecular complexity index is 1070. The fourth-order valence-corrected chi connectivity index (χ4v) is 5.46. The maximum atomic E-state index is 12.6. The lowest BCUT2D eigenvalue weighted by Crippen LogP contribution is -2.11. The van der Waals surface area contributed by atoms with Gasteiger partial charge in [0.2, 0.25) is 0 Å². The Labute approximate surface area is 157 Å². The number of hydrogen-bond acceptors (Lipinski definition) is 3. The van der Waals surface area contributed by atoms with E-state index in [1.807, 2.05) is 6.08 Å². The number of fused-ring (bicyclic) bond motifs is 3. The number of aromatic amines is 1. The van der Waals surface area contributed by atoms with E-state index in [0.29, 0.717) is 11.9 Å². The zero-order chi connectivity index (χ0) is 18.4. The van der Waals surface area contributed by atoms with Gasteiger partial charge in [0, 0.05) is 22.3 Å². The molecule has 0 aromatic carbocycles. The molecule has 0 aliphatic heterocycles. The zero-order valence-electron chi connectivity index (χ0n) is 15.8. The van der Waals surface area contributed by atoms with Gasteiger partial charge in [-0.25, -0.2) is 4.98 Å². The molecule has 1 N–H and O–H groups in total. The van der Waals surface area contributed by atoms with E-state index in [1.54, 1.807) is 11.3 Å². The second kappa shape index (κ2) is 6.54. The molecular formula is C21H25N3OS. The second-order valence-electron chi connectivity index (χ2n) is 7.47. The van der Waals surface area contributed by atoms with Crippen molar-refractivity contribution in [3.63, 3.8) is 0 Å². The Morgan fingerprint density at radius 2 is 2.00 bits per heavy atom. The number of aryl methyl sites for hydroxylation is 3. The van der Waals surface area contributed by atoms with Gasteiger partial charge in [0.05, 0.1) is 5.39 Å². The van der Waals surface area contributed by atoms with E-state index >= 15 is 0 Å². The molecule has 1 aliphatic rings. The number of nitrogens with zero attached hydrogens (tertiary/aromatic N) is 2. The normalized spacial score (nSPS) is 14.7. The van der Waals surface area contributed by atoms with Crippen molar-refractivity contribution in [2.75, 3.05) is 0 Å². The first-order valence-electron chi connectivity index (χ1n) is 9.36. The third-order valence-electron chi connectivity index (χ3n) is 5.30. The van der Waals surface area contributed by atoms with Gasteiger partial charge in [0.25, 0.3) is 5.56 Å². The lowest BCUT2D eigenvalue weighted by atomic mass is 9.97. The van der Waals surface area contributed by atoms with Crippen molar-refractivity contribution in [3.8, 4) is 0 Å². The minimum Gasteiger partial charge on any atom is -0.346 e. The van der Waals surface area contributed by atoms with Gasteiger partial charge in [-0.1, -0.05) is 0 Å². The summed E-state index contributed by atoms with van der Waals surface area (Å²) in [5.41, 5.74) is 4.90. The van der Waals surface area contributed by atoms with E-state index in [1.165, 1.54) is 40.2 Å². The summed E-state index contributed by atoms with van der Waals surface area (Å²) in [7, 11) is 0. The van der Waals surface area contributed by atoms with Crippen LogP contribution < -0.4 is 5.56 Å². The largest absolute Gasteiger partial charge is 0.346 e. The number of rotatable bonds is 3. The van der Waals surface area contributed by atoms with Crippen LogP contribution in [0.15, 0.2) is 10.9 Å².